The summed E-state index contributed by atoms with van der Waals surface area (Å²) in [5.41, 5.74) is 15.2. The second-order valence-electron chi connectivity index (χ2n) is 20.4. The number of halogens is 1. The van der Waals surface area contributed by atoms with Crippen LogP contribution in [0.25, 0.3) is 53.1 Å². The Bertz CT molecular complexity index is 4130. The molecule has 6 aromatic heterocycles. The second-order valence-corrected chi connectivity index (χ2v) is 37.0. The third kappa shape index (κ3) is 16.0. The van der Waals surface area contributed by atoms with Crippen LogP contribution in [0.5, 0.6) is 10.4 Å². The molecule has 6 N–H and O–H groups in total. The first-order chi connectivity index (χ1) is 41.7. The molecule has 22 heteroatoms. The van der Waals surface area contributed by atoms with E-state index in [0.717, 1.165) is 32.1 Å². The van der Waals surface area contributed by atoms with Gasteiger partial charge in [-0.25, -0.2) is 34.6 Å². The van der Waals surface area contributed by atoms with Gasteiger partial charge in [-0.1, -0.05) is 105 Å². The summed E-state index contributed by atoms with van der Waals surface area (Å²) in [6, 6.07) is 33.0. The quantitative estimate of drug-likeness (QED) is 0.0388. The average molecular weight is 1350 g/mol. The van der Waals surface area contributed by atoms with Crippen molar-refractivity contribution in [2.75, 3.05) is 36.3 Å². The molecule has 6 heterocycles. The SMILES string of the molecule is C.C.CCC[CH2][Sn]([CH2]CCC)([CH2]CCC)[c]1cnc(OC)s1.[C-]#[N+]c1cnc(N)nc1N[C@@H](C)c1cc2cccc(-c3cnc(OC)s3)c2c(=O)n1-c1ccccc1.[C-]#[N+]c1cnc(N)nc1N[C@@H](C)c1cc2cccc(Cl)c2c(=O)n1-c1ccccc1. The zero-order chi connectivity index (χ0) is 61.3. The monoisotopic (exact) mass is 1350 g/mol. The standard InChI is InChI=1S/C26H21N7O2S.C22H17ClN6O.C4H4NOS.3C4H9.2CH4.Sn/c1-15(31-23-19(28-2)13-29-25(27)32-23)20-12-16-8-7-11-18(21-14-30-26(35-3)36-21)22(16)24(34)33(20)17-9-5-4-6-10-17;1-13(27-20-17(25-2)12-26-22(24)28-20)18-11-14-7-6-10-16(23)19(14)21(30)29(18)15-8-4-3-5-9-15;1-6-4-5-2-3-7-4;3*1-3-4-2;;;/h4-15H,1,3H3,(H3,27,29,31,32);3-13H,1H3,(H3,24,26,27,28);2H,1H3;3*1,3-4H2,2H3;2*1H4;/t15-;13-;;;;;;;/m00......./s1. The summed E-state index contributed by atoms with van der Waals surface area (Å²) in [7, 11) is 3.31. The Morgan fingerprint density at radius 1 is 0.602 bits per heavy atom. The average Bonchev–Trinajstić information content (AvgIpc) is 1.21. The van der Waals surface area contributed by atoms with Crippen LogP contribution in [0.2, 0.25) is 18.3 Å². The first-order valence-corrected chi connectivity index (χ1v) is 37.9. The molecule has 88 heavy (non-hydrogen) atoms. The molecule has 0 aliphatic heterocycles. The van der Waals surface area contributed by atoms with Crippen LogP contribution < -0.4 is 45.6 Å². The molecule has 18 nitrogen and oxygen atoms in total. The van der Waals surface area contributed by atoms with Gasteiger partial charge in [-0.15, -0.1) is 0 Å². The Balaban J connectivity index is 0.000000217. The fourth-order valence-electron chi connectivity index (χ4n) is 10.3. The third-order valence-corrected chi connectivity index (χ3v) is 35.1. The maximum atomic E-state index is 14.1. The van der Waals surface area contributed by atoms with E-state index in [0.29, 0.717) is 49.7 Å². The van der Waals surface area contributed by atoms with E-state index in [1.165, 1.54) is 75.6 Å². The molecule has 4 aromatic carbocycles. The summed E-state index contributed by atoms with van der Waals surface area (Å²) in [4.78, 5) is 60.2. The minimum absolute atomic E-state index is 0. The maximum absolute atomic E-state index is 14.1. The number of aromatic nitrogens is 8. The number of anilines is 4. The van der Waals surface area contributed by atoms with Gasteiger partial charge in [0.15, 0.2) is 0 Å². The molecular formula is C66H77ClN14O4S2Sn. The Hall–Kier alpha value is -8.41. The summed E-state index contributed by atoms with van der Waals surface area (Å²) < 4.78 is 20.1. The van der Waals surface area contributed by atoms with Crippen molar-refractivity contribution >= 4 is 112 Å². The summed E-state index contributed by atoms with van der Waals surface area (Å²) in [5, 5.41) is 10.8. The molecule has 0 saturated heterocycles. The third-order valence-electron chi connectivity index (χ3n) is 14.7. The van der Waals surface area contributed by atoms with Crippen molar-refractivity contribution in [1.29, 1.82) is 0 Å². The largest absolute Gasteiger partial charge is 0.473 e. The number of hydrogen-bond donors (Lipinski definition) is 4. The minimum Gasteiger partial charge on any atom is -0.473 e. The van der Waals surface area contributed by atoms with E-state index in [-0.39, 0.29) is 55.3 Å². The summed E-state index contributed by atoms with van der Waals surface area (Å²) >= 11 is 7.36. The molecule has 0 spiro atoms. The number of methoxy groups -OCH3 is 2. The predicted octanol–water partition coefficient (Wildman–Crippen LogP) is 16.4. The van der Waals surface area contributed by atoms with Crippen LogP contribution in [0.4, 0.5) is 34.9 Å². The van der Waals surface area contributed by atoms with Crippen LogP contribution >= 0.6 is 34.3 Å². The summed E-state index contributed by atoms with van der Waals surface area (Å²) in [5.74, 6) is 0.731. The normalized spacial score (nSPS) is 11.5. The zero-order valence-electron chi connectivity index (χ0n) is 49.2. The number of fused-ring (bicyclic) bond motifs is 2. The molecule has 0 aliphatic rings. The van der Waals surface area contributed by atoms with E-state index < -0.39 is 24.4 Å². The molecule has 0 fully saturated rings. The van der Waals surface area contributed by atoms with Gasteiger partial charge >= 0.3 is 133 Å². The van der Waals surface area contributed by atoms with Crippen LogP contribution in [0.15, 0.2) is 144 Å². The molecule has 10 aromatic rings. The first kappa shape index (κ1) is 68.7. The van der Waals surface area contributed by atoms with E-state index in [2.05, 4.69) is 77.2 Å². The van der Waals surface area contributed by atoms with Gasteiger partial charge in [0.1, 0.15) is 11.6 Å². The molecule has 2 atom stereocenters. The van der Waals surface area contributed by atoms with E-state index in [1.54, 1.807) is 44.6 Å². The molecule has 0 bridgehead atoms. The van der Waals surface area contributed by atoms with Crippen molar-refractivity contribution in [1.82, 2.24) is 39.0 Å². The Morgan fingerprint density at radius 2 is 1.05 bits per heavy atom. The summed E-state index contributed by atoms with van der Waals surface area (Å²) in [6.07, 6.45) is 14.8. The number of nitrogen functional groups attached to an aromatic ring is 2. The van der Waals surface area contributed by atoms with Crippen molar-refractivity contribution < 1.29 is 9.47 Å². The number of hydrogen-bond acceptors (Lipinski definition) is 16. The van der Waals surface area contributed by atoms with Crippen molar-refractivity contribution in [2.45, 2.75) is 113 Å². The molecule has 0 radical (unpaired) electrons. The van der Waals surface area contributed by atoms with Gasteiger partial charge in [0, 0.05) is 46.9 Å². The number of nitrogens with two attached hydrogens (primary N) is 2. The predicted molar refractivity (Wildman–Crippen MR) is 368 cm³/mol. The summed E-state index contributed by atoms with van der Waals surface area (Å²) in [6.45, 7) is 25.5. The Labute approximate surface area is 532 Å². The maximum Gasteiger partial charge on any atom is 0.273 e. The first-order valence-electron chi connectivity index (χ1n) is 28.4. The number of para-hydroxylation sites is 2. The van der Waals surface area contributed by atoms with Gasteiger partial charge in [0.05, 0.1) is 53.0 Å². The molecule has 0 amide bonds. The van der Waals surface area contributed by atoms with Gasteiger partial charge in [0.2, 0.25) is 23.3 Å². The van der Waals surface area contributed by atoms with Crippen molar-refractivity contribution in [2.24, 2.45) is 0 Å². The molecular weight excluding hydrogens is 1270 g/mol. The number of pyridine rings is 2. The Kier molecular flexibility index (Phi) is 25.4. The van der Waals surface area contributed by atoms with Gasteiger partial charge in [-0.05, 0) is 67.1 Å². The van der Waals surface area contributed by atoms with Crippen molar-refractivity contribution in [3.63, 3.8) is 0 Å². The van der Waals surface area contributed by atoms with Crippen LogP contribution in [0.1, 0.15) is 111 Å². The van der Waals surface area contributed by atoms with Crippen LogP contribution in [0, 0.1) is 13.1 Å². The molecule has 0 unspecified atom stereocenters. The molecule has 10 rings (SSSR count). The fourth-order valence-corrected chi connectivity index (χ4v) is 30.7. The van der Waals surface area contributed by atoms with E-state index in [4.69, 9.17) is 45.7 Å². The van der Waals surface area contributed by atoms with E-state index in [9.17, 15) is 9.59 Å². The molecule has 458 valence electrons. The van der Waals surface area contributed by atoms with Crippen molar-refractivity contribution in [3.05, 3.63) is 194 Å². The molecule has 0 aliphatic carbocycles. The number of unbranched alkanes of at least 4 members (excludes halogenated alkanes) is 3. The van der Waals surface area contributed by atoms with Crippen LogP contribution in [-0.4, -0.2) is 71.6 Å². The number of nitrogens with one attached hydrogen (secondary N) is 2. The van der Waals surface area contributed by atoms with Gasteiger partial charge < -0.3 is 26.8 Å². The fraction of sp³-hybridized carbons (Fsp3) is 0.303. The molecule has 0 saturated carbocycles. The van der Waals surface area contributed by atoms with Gasteiger partial charge in [0.25, 0.3) is 16.3 Å². The zero-order valence-corrected chi connectivity index (χ0v) is 54.4. The number of benzene rings is 4. The number of rotatable bonds is 21. The van der Waals surface area contributed by atoms with Crippen LogP contribution in [-0.2, 0) is 0 Å². The van der Waals surface area contributed by atoms with Crippen molar-refractivity contribution in [3.8, 4) is 32.2 Å². The number of thiazole rings is 2. The number of ether oxygens (including phenoxy) is 2. The Morgan fingerprint density at radius 3 is 1.49 bits per heavy atom. The smallest absolute Gasteiger partial charge is 0.273 e. The second kappa shape index (κ2) is 32.5. The van der Waals surface area contributed by atoms with Gasteiger partial charge in [-0.3, -0.25) is 18.7 Å². The van der Waals surface area contributed by atoms with Crippen LogP contribution in [0.3, 0.4) is 0 Å². The topological polar surface area (TPSA) is 225 Å². The number of nitrogens with zero attached hydrogens (tertiary/aromatic N) is 10. The minimum atomic E-state index is -2.22. The van der Waals surface area contributed by atoms with Gasteiger partial charge in [-0.2, -0.15) is 0 Å². The van der Waals surface area contributed by atoms with E-state index in [1.807, 2.05) is 122 Å². The van der Waals surface area contributed by atoms with E-state index >= 15 is 0 Å².